The largest absolute Gasteiger partial charge is 0.449 e. The van der Waals surface area contributed by atoms with Crippen LogP contribution in [0.25, 0.3) is 0 Å². The first-order valence-electron chi connectivity index (χ1n) is 8.56. The van der Waals surface area contributed by atoms with Gasteiger partial charge in [-0.3, -0.25) is 0 Å². The number of rotatable bonds is 7. The smallest absolute Gasteiger partial charge is 0.425 e. The summed E-state index contributed by atoms with van der Waals surface area (Å²) in [4.78, 5) is 23.9. The third kappa shape index (κ3) is 5.80. The molecule has 0 bridgehead atoms. The van der Waals surface area contributed by atoms with Crippen LogP contribution in [0.2, 0.25) is 0 Å². The maximum absolute atomic E-state index is 14.2. The number of hydrogen-bond acceptors (Lipinski definition) is 4. The molecule has 28 heavy (non-hydrogen) atoms. The molecule has 1 unspecified atom stereocenters. The van der Waals surface area contributed by atoms with Crippen molar-refractivity contribution in [1.82, 2.24) is 0 Å². The van der Waals surface area contributed by atoms with Crippen molar-refractivity contribution in [2.45, 2.75) is 38.5 Å². The van der Waals surface area contributed by atoms with Gasteiger partial charge in [-0.05, 0) is 37.1 Å². The minimum atomic E-state index is -4.74. The average Bonchev–Trinajstić information content (AvgIpc) is 2.64. The lowest BCUT2D eigenvalue weighted by atomic mass is 10.1. The predicted molar refractivity (Wildman–Crippen MR) is 92.6 cm³/mol. The molecule has 150 valence electrons. The van der Waals surface area contributed by atoms with Crippen LogP contribution in [0.4, 0.5) is 17.6 Å². The minimum absolute atomic E-state index is 0.193. The fourth-order valence-electron chi connectivity index (χ4n) is 2.34. The van der Waals surface area contributed by atoms with E-state index in [0.717, 1.165) is 18.2 Å². The molecule has 1 atom stereocenters. The van der Waals surface area contributed by atoms with Crippen molar-refractivity contribution in [2.75, 3.05) is 0 Å². The third-order valence-corrected chi connectivity index (χ3v) is 3.81. The Morgan fingerprint density at radius 2 is 1.71 bits per heavy atom. The van der Waals surface area contributed by atoms with Crippen LogP contribution in [0.15, 0.2) is 48.5 Å². The summed E-state index contributed by atoms with van der Waals surface area (Å²) >= 11 is 0. The van der Waals surface area contributed by atoms with E-state index in [1.807, 2.05) is 0 Å². The number of esters is 2. The van der Waals surface area contributed by atoms with Crippen molar-refractivity contribution in [3.05, 3.63) is 65.5 Å². The number of hydrogen-bond donors (Lipinski definition) is 0. The zero-order valence-electron chi connectivity index (χ0n) is 15.0. The first-order valence-corrected chi connectivity index (χ1v) is 8.56. The lowest BCUT2D eigenvalue weighted by molar-refractivity contribution is -0.206. The van der Waals surface area contributed by atoms with Gasteiger partial charge in [0.25, 0.3) is 0 Å². The second kappa shape index (κ2) is 9.34. The van der Waals surface area contributed by atoms with Gasteiger partial charge < -0.3 is 9.47 Å². The van der Waals surface area contributed by atoms with Crippen LogP contribution in [0.3, 0.4) is 0 Å². The zero-order chi connectivity index (χ0) is 20.7. The lowest BCUT2D eigenvalue weighted by Crippen LogP contribution is -2.34. The Kier molecular flexibility index (Phi) is 7.14. The number of carbonyl (C=O) groups excluding carboxylic acids is 2. The molecule has 0 saturated heterocycles. The molecule has 0 spiro atoms. The summed E-state index contributed by atoms with van der Waals surface area (Å²) in [6.45, 7) is 1.70. The van der Waals surface area contributed by atoms with Crippen molar-refractivity contribution in [3.63, 3.8) is 0 Å². The second-order valence-corrected chi connectivity index (χ2v) is 5.97. The Hall–Kier alpha value is -2.90. The fraction of sp³-hybridized carbons (Fsp3) is 0.300. The molecular weight excluding hydrogens is 380 g/mol. The Morgan fingerprint density at radius 3 is 2.29 bits per heavy atom. The molecular formula is C20H18F4O4. The van der Waals surface area contributed by atoms with Gasteiger partial charge in [-0.25, -0.2) is 14.0 Å². The van der Waals surface area contributed by atoms with Gasteiger partial charge in [0.05, 0.1) is 11.1 Å². The normalized spacial score (nSPS) is 12.3. The second-order valence-electron chi connectivity index (χ2n) is 5.97. The molecule has 2 rings (SSSR count). The van der Waals surface area contributed by atoms with Crippen molar-refractivity contribution in [3.8, 4) is 5.75 Å². The number of unbranched alkanes of at least 4 members (excludes halogenated alkanes) is 1. The quantitative estimate of drug-likeness (QED) is 0.360. The highest BCUT2D eigenvalue weighted by Crippen LogP contribution is 2.28. The Balaban J connectivity index is 2.10. The van der Waals surface area contributed by atoms with E-state index in [4.69, 9.17) is 4.74 Å². The molecule has 0 amide bonds. The van der Waals surface area contributed by atoms with Crippen molar-refractivity contribution < 1.29 is 36.6 Å². The molecule has 0 N–H and O–H groups in total. The highest BCUT2D eigenvalue weighted by Gasteiger charge is 2.42. The van der Waals surface area contributed by atoms with E-state index in [-0.39, 0.29) is 17.7 Å². The Bertz CT molecular complexity index is 819. The predicted octanol–water partition coefficient (Wildman–Crippen LogP) is 5.32. The van der Waals surface area contributed by atoms with Gasteiger partial charge in [0, 0.05) is 6.07 Å². The van der Waals surface area contributed by atoms with E-state index in [2.05, 4.69) is 4.74 Å². The van der Waals surface area contributed by atoms with Crippen LogP contribution in [-0.2, 0) is 4.74 Å². The molecule has 2 aromatic rings. The number of alkyl halides is 3. The molecule has 4 nitrogen and oxygen atoms in total. The number of carbonyl (C=O) groups is 2. The first kappa shape index (κ1) is 21.4. The number of ether oxygens (including phenoxy) is 2. The maximum atomic E-state index is 14.2. The van der Waals surface area contributed by atoms with Gasteiger partial charge in [0.15, 0.2) is 6.10 Å². The fourth-order valence-corrected chi connectivity index (χ4v) is 2.34. The summed E-state index contributed by atoms with van der Waals surface area (Å²) in [6.07, 6.45) is -6.77. The van der Waals surface area contributed by atoms with Crippen LogP contribution in [0, 0.1) is 5.82 Å². The van der Waals surface area contributed by atoms with E-state index in [1.54, 1.807) is 25.1 Å². The van der Waals surface area contributed by atoms with Crippen molar-refractivity contribution in [1.29, 1.82) is 0 Å². The molecule has 0 fully saturated rings. The summed E-state index contributed by atoms with van der Waals surface area (Å²) in [6, 6.07) is 10.7. The monoisotopic (exact) mass is 398 g/mol. The van der Waals surface area contributed by atoms with Crippen molar-refractivity contribution in [2.24, 2.45) is 0 Å². The molecule has 0 aliphatic carbocycles. The van der Waals surface area contributed by atoms with Crippen LogP contribution in [0.1, 0.15) is 46.9 Å². The molecule has 2 aromatic carbocycles. The molecule has 0 heterocycles. The van der Waals surface area contributed by atoms with Gasteiger partial charge in [0.1, 0.15) is 11.6 Å². The highest BCUT2D eigenvalue weighted by atomic mass is 19.4. The molecule has 0 aliphatic rings. The van der Waals surface area contributed by atoms with E-state index in [0.29, 0.717) is 6.42 Å². The van der Waals surface area contributed by atoms with Crippen molar-refractivity contribution >= 4 is 11.9 Å². The van der Waals surface area contributed by atoms with Crippen LogP contribution < -0.4 is 4.74 Å². The van der Waals surface area contributed by atoms with Crippen LogP contribution >= 0.6 is 0 Å². The summed E-state index contributed by atoms with van der Waals surface area (Å²) in [5.74, 6) is -3.52. The highest BCUT2D eigenvalue weighted by molar-refractivity contribution is 5.92. The van der Waals surface area contributed by atoms with Gasteiger partial charge >= 0.3 is 18.1 Å². The van der Waals surface area contributed by atoms with Crippen LogP contribution in [-0.4, -0.2) is 24.2 Å². The van der Waals surface area contributed by atoms with Crippen LogP contribution in [0.5, 0.6) is 5.75 Å². The van der Waals surface area contributed by atoms with Gasteiger partial charge in [0.2, 0.25) is 0 Å². The van der Waals surface area contributed by atoms with Gasteiger partial charge in [-0.1, -0.05) is 31.5 Å². The average molecular weight is 398 g/mol. The third-order valence-electron chi connectivity index (χ3n) is 3.81. The first-order chi connectivity index (χ1) is 13.2. The molecule has 0 aliphatic heterocycles. The van der Waals surface area contributed by atoms with Gasteiger partial charge in [-0.15, -0.1) is 0 Å². The molecule has 0 aromatic heterocycles. The Morgan fingerprint density at radius 1 is 1.04 bits per heavy atom. The standard InChI is InChI=1S/C20H18F4O4/c1-2-3-9-17(20(22,23)24)28-19(26)15-11-10-14(12-16(15)21)27-18(25)13-7-5-4-6-8-13/h4-8,10-12,17H,2-3,9H2,1H3. The summed E-state index contributed by atoms with van der Waals surface area (Å²) in [5, 5.41) is 0. The molecule has 0 radical (unpaired) electrons. The molecule has 8 heteroatoms. The van der Waals surface area contributed by atoms with Gasteiger partial charge in [-0.2, -0.15) is 13.2 Å². The zero-order valence-corrected chi connectivity index (χ0v) is 15.0. The minimum Gasteiger partial charge on any atom is -0.449 e. The van der Waals surface area contributed by atoms with E-state index >= 15 is 0 Å². The topological polar surface area (TPSA) is 52.6 Å². The Labute approximate surface area is 159 Å². The number of benzene rings is 2. The molecule has 0 saturated carbocycles. The van der Waals surface area contributed by atoms with E-state index < -0.39 is 42.0 Å². The summed E-state index contributed by atoms with van der Waals surface area (Å²) in [5.41, 5.74) is -0.444. The van der Waals surface area contributed by atoms with E-state index in [9.17, 15) is 27.2 Å². The lowest BCUT2D eigenvalue weighted by Gasteiger charge is -2.20. The SMILES string of the molecule is CCCCC(OC(=O)c1ccc(OC(=O)c2ccccc2)cc1F)C(F)(F)F. The van der Waals surface area contributed by atoms with E-state index in [1.165, 1.54) is 12.1 Å². The summed E-state index contributed by atoms with van der Waals surface area (Å²) in [7, 11) is 0. The number of halogens is 4. The summed E-state index contributed by atoms with van der Waals surface area (Å²) < 4.78 is 62.5. The maximum Gasteiger partial charge on any atom is 0.425 e.